The molecule has 8 heteroatoms. The van der Waals surface area contributed by atoms with Crippen molar-refractivity contribution in [1.82, 2.24) is 14.7 Å². The van der Waals surface area contributed by atoms with Crippen LogP contribution in [0, 0.1) is 17.3 Å². The number of fused-ring (bicyclic) bond motifs is 1. The molecule has 3 saturated heterocycles. The maximum Gasteiger partial charge on any atom is 0.247 e. The minimum Gasteiger partial charge on any atom is -0.394 e. The third-order valence-electron chi connectivity index (χ3n) is 8.76. The molecular formula is C31H51N3O4S. The van der Waals surface area contributed by atoms with Gasteiger partial charge in [0, 0.05) is 30.4 Å². The summed E-state index contributed by atoms with van der Waals surface area (Å²) in [6, 6.07) is -1.20. The molecule has 1 spiro atoms. The lowest BCUT2D eigenvalue weighted by molar-refractivity contribution is -0.149. The number of carbonyl (C=O) groups is 3. The molecule has 3 heterocycles. The number of likely N-dealkylation sites (tertiary alicyclic amines) is 1. The summed E-state index contributed by atoms with van der Waals surface area (Å²) in [4.78, 5) is 48.5. The monoisotopic (exact) mass is 561 g/mol. The topological polar surface area (TPSA) is 81.2 Å². The molecule has 1 N–H and O–H groups in total. The van der Waals surface area contributed by atoms with Crippen molar-refractivity contribution >= 4 is 29.5 Å². The van der Waals surface area contributed by atoms with Crippen molar-refractivity contribution in [3.63, 3.8) is 0 Å². The van der Waals surface area contributed by atoms with E-state index in [1.54, 1.807) is 28.8 Å². The summed E-state index contributed by atoms with van der Waals surface area (Å²) >= 11 is 1.69. The van der Waals surface area contributed by atoms with Gasteiger partial charge in [-0.05, 0) is 51.4 Å². The van der Waals surface area contributed by atoms with Crippen molar-refractivity contribution in [1.29, 1.82) is 0 Å². The maximum atomic E-state index is 14.8. The van der Waals surface area contributed by atoms with Gasteiger partial charge in [0.25, 0.3) is 0 Å². The lowest BCUT2D eigenvalue weighted by Gasteiger charge is -2.46. The second-order valence-corrected chi connectivity index (χ2v) is 15.0. The molecule has 0 aromatic rings. The third kappa shape index (κ3) is 5.70. The SMILES string of the molecule is C=CCN(CCC)C(=O)[C@@H]1[C@@H]2CCC3(S2)C(C(=O)N(CC=C)C(C)(C)CC(C)(C)C)N([C@@H](CC)CO)C(=O)[C@H]13. The van der Waals surface area contributed by atoms with Gasteiger partial charge in [0.05, 0.1) is 29.2 Å². The van der Waals surface area contributed by atoms with Gasteiger partial charge in [-0.1, -0.05) is 46.8 Å². The molecule has 3 amide bonds. The molecule has 0 radical (unpaired) electrons. The Balaban J connectivity index is 2.12. The van der Waals surface area contributed by atoms with E-state index in [1.807, 2.05) is 23.6 Å². The fourth-order valence-corrected chi connectivity index (χ4v) is 9.88. The van der Waals surface area contributed by atoms with Crippen molar-refractivity contribution < 1.29 is 19.5 Å². The smallest absolute Gasteiger partial charge is 0.247 e. The first-order valence-corrected chi connectivity index (χ1v) is 15.6. The van der Waals surface area contributed by atoms with Crippen molar-refractivity contribution in [2.45, 2.75) is 108 Å². The first-order chi connectivity index (χ1) is 18.2. The molecule has 0 aromatic heterocycles. The van der Waals surface area contributed by atoms with Crippen LogP contribution in [-0.4, -0.2) is 91.4 Å². The van der Waals surface area contributed by atoms with E-state index >= 15 is 0 Å². The van der Waals surface area contributed by atoms with Crippen LogP contribution in [0.25, 0.3) is 0 Å². The lowest BCUT2D eigenvalue weighted by Crippen LogP contribution is -2.61. The van der Waals surface area contributed by atoms with Crippen molar-refractivity contribution in [2.24, 2.45) is 17.3 Å². The van der Waals surface area contributed by atoms with E-state index in [2.05, 4.69) is 47.8 Å². The zero-order valence-electron chi connectivity index (χ0n) is 25.2. The maximum absolute atomic E-state index is 14.8. The number of hydrogen-bond donors (Lipinski definition) is 1. The number of aliphatic hydroxyl groups is 1. The molecule has 0 aromatic carbocycles. The predicted molar refractivity (Wildman–Crippen MR) is 159 cm³/mol. The van der Waals surface area contributed by atoms with Crippen LogP contribution >= 0.6 is 11.8 Å². The van der Waals surface area contributed by atoms with Gasteiger partial charge < -0.3 is 19.8 Å². The second-order valence-electron chi connectivity index (χ2n) is 13.4. The van der Waals surface area contributed by atoms with Gasteiger partial charge in [-0.3, -0.25) is 14.4 Å². The Morgan fingerprint density at radius 1 is 1.15 bits per heavy atom. The first kappa shape index (κ1) is 31.7. The second kappa shape index (κ2) is 12.0. The normalized spacial score (nSPS) is 28.8. The fraction of sp³-hybridized carbons (Fsp3) is 0.774. The fourth-order valence-electron chi connectivity index (χ4n) is 7.69. The van der Waals surface area contributed by atoms with Gasteiger partial charge in [-0.15, -0.1) is 24.9 Å². The van der Waals surface area contributed by atoms with Crippen molar-refractivity contribution in [2.75, 3.05) is 26.2 Å². The van der Waals surface area contributed by atoms with Crippen LogP contribution in [-0.2, 0) is 14.4 Å². The Hall–Kier alpha value is -1.80. The molecule has 7 nitrogen and oxygen atoms in total. The standard InChI is InChI=1S/C31H51N3O4S/c1-10-16-32(17-11-2)26(36)23-22-14-15-31(39-22)24(23)27(37)34(21(13-4)19-35)25(31)28(38)33(18-12-3)30(8,9)20-29(5,6)7/h10,12,21-25,35H,1,3,11,13-20H2,2,4-9H3/t21-,22-,23+,24-,25?,31?/m0/s1. The summed E-state index contributed by atoms with van der Waals surface area (Å²) in [6.07, 6.45) is 7.15. The molecule has 2 bridgehead atoms. The molecule has 3 fully saturated rings. The minimum atomic E-state index is -0.724. The van der Waals surface area contributed by atoms with E-state index in [0.717, 1.165) is 19.3 Å². The van der Waals surface area contributed by atoms with Crippen LogP contribution in [0.1, 0.15) is 80.6 Å². The van der Waals surface area contributed by atoms with Crippen molar-refractivity contribution in [3.8, 4) is 0 Å². The summed E-state index contributed by atoms with van der Waals surface area (Å²) in [5.74, 6) is -1.28. The third-order valence-corrected chi connectivity index (χ3v) is 10.7. The Morgan fingerprint density at radius 3 is 2.31 bits per heavy atom. The van der Waals surface area contributed by atoms with Crippen LogP contribution in [0.3, 0.4) is 0 Å². The van der Waals surface area contributed by atoms with Gasteiger partial charge in [-0.25, -0.2) is 0 Å². The zero-order valence-corrected chi connectivity index (χ0v) is 26.1. The molecule has 220 valence electrons. The molecule has 39 heavy (non-hydrogen) atoms. The van der Waals surface area contributed by atoms with Gasteiger partial charge in [-0.2, -0.15) is 0 Å². The summed E-state index contributed by atoms with van der Waals surface area (Å²) in [7, 11) is 0. The van der Waals surface area contributed by atoms with Crippen LogP contribution < -0.4 is 0 Å². The Morgan fingerprint density at radius 2 is 1.79 bits per heavy atom. The summed E-state index contributed by atoms with van der Waals surface area (Å²) in [5.41, 5.74) is -0.496. The highest BCUT2D eigenvalue weighted by atomic mass is 32.2. The first-order valence-electron chi connectivity index (χ1n) is 14.7. The Labute approximate surface area is 240 Å². The molecule has 3 rings (SSSR count). The molecule has 3 aliphatic rings. The van der Waals surface area contributed by atoms with Crippen LogP contribution in [0.4, 0.5) is 0 Å². The van der Waals surface area contributed by atoms with E-state index in [1.165, 1.54) is 0 Å². The zero-order chi connectivity index (χ0) is 29.3. The van der Waals surface area contributed by atoms with E-state index in [-0.39, 0.29) is 35.0 Å². The number of hydrogen-bond acceptors (Lipinski definition) is 5. The van der Waals surface area contributed by atoms with E-state index < -0.39 is 34.2 Å². The molecule has 0 saturated carbocycles. The number of amides is 3. The number of carbonyl (C=O) groups excluding carboxylic acids is 3. The van der Waals surface area contributed by atoms with E-state index in [9.17, 15) is 19.5 Å². The van der Waals surface area contributed by atoms with Crippen LogP contribution in [0.2, 0.25) is 0 Å². The highest BCUT2D eigenvalue weighted by Gasteiger charge is 2.74. The molecule has 6 atom stereocenters. The van der Waals surface area contributed by atoms with E-state index in [0.29, 0.717) is 32.5 Å². The van der Waals surface area contributed by atoms with Crippen molar-refractivity contribution in [3.05, 3.63) is 25.3 Å². The summed E-state index contributed by atoms with van der Waals surface area (Å²) in [5, 5.41) is 10.4. The Kier molecular flexibility index (Phi) is 9.74. The number of thioether (sulfide) groups is 1. The highest BCUT2D eigenvalue weighted by Crippen LogP contribution is 2.67. The van der Waals surface area contributed by atoms with Crippen LogP contribution in [0.15, 0.2) is 25.3 Å². The molecule has 2 unspecified atom stereocenters. The largest absolute Gasteiger partial charge is 0.394 e. The van der Waals surface area contributed by atoms with Gasteiger partial charge in [0.15, 0.2) is 0 Å². The Bertz CT molecular complexity index is 956. The highest BCUT2D eigenvalue weighted by molar-refractivity contribution is 8.02. The number of rotatable bonds is 13. The summed E-state index contributed by atoms with van der Waals surface area (Å²) in [6.45, 7) is 23.6. The summed E-state index contributed by atoms with van der Waals surface area (Å²) < 4.78 is -0.676. The van der Waals surface area contributed by atoms with Crippen LogP contribution in [0.5, 0.6) is 0 Å². The lowest BCUT2D eigenvalue weighted by atomic mass is 9.70. The average molecular weight is 562 g/mol. The molecule has 3 aliphatic heterocycles. The average Bonchev–Trinajstić information content (AvgIpc) is 3.48. The van der Waals surface area contributed by atoms with Gasteiger partial charge in [0.2, 0.25) is 17.7 Å². The van der Waals surface area contributed by atoms with Gasteiger partial charge in [0.1, 0.15) is 6.04 Å². The van der Waals surface area contributed by atoms with Gasteiger partial charge >= 0.3 is 0 Å². The molecular weight excluding hydrogens is 510 g/mol. The number of aliphatic hydroxyl groups excluding tert-OH is 1. The minimum absolute atomic E-state index is 0.00437. The molecule has 0 aliphatic carbocycles. The van der Waals surface area contributed by atoms with E-state index in [4.69, 9.17) is 0 Å². The quantitative estimate of drug-likeness (QED) is 0.335. The predicted octanol–water partition coefficient (Wildman–Crippen LogP) is 4.50. The number of nitrogens with zero attached hydrogens (tertiary/aromatic N) is 3.